The molecule has 2 aliphatic rings. The molecular weight excluding hydrogens is 1080 g/mol. The van der Waals surface area contributed by atoms with Gasteiger partial charge in [0, 0.05) is 58.9 Å². The first-order valence-electron chi connectivity index (χ1n) is 26.1. The second kappa shape index (κ2) is 29.6. The molecule has 2 N–H and O–H groups in total. The van der Waals surface area contributed by atoms with Crippen LogP contribution < -0.4 is 26.0 Å². The summed E-state index contributed by atoms with van der Waals surface area (Å²) in [4.78, 5) is 91.8. The molecule has 438 valence electrons. The number of hydrogen-bond acceptors (Lipinski definition) is 21. The quantitative estimate of drug-likeness (QED) is 0.0254. The molecule has 9 atom stereocenters. The summed E-state index contributed by atoms with van der Waals surface area (Å²) in [6.07, 6.45) is -9.07. The van der Waals surface area contributed by atoms with Crippen LogP contribution in [0.1, 0.15) is 96.7 Å². The van der Waals surface area contributed by atoms with Gasteiger partial charge < -0.3 is 61.7 Å². The molecule has 1 unspecified atom stereocenters. The van der Waals surface area contributed by atoms with E-state index in [2.05, 4.69) is 21.0 Å². The summed E-state index contributed by atoms with van der Waals surface area (Å²) in [6, 6.07) is 26.6. The molecule has 6 rings (SSSR count). The van der Waals surface area contributed by atoms with E-state index in [9.17, 15) is 38.8 Å². The number of nitrogens with one attached hydrogen (secondary N) is 2. The van der Waals surface area contributed by atoms with Gasteiger partial charge in [0.05, 0.1) is 51.6 Å². The standard InChI is InChI=1S/C56H70N5O19P/c1-33(2)61(34(3)4)81(74-26-14-25-57)80-45-27-49(78-46(45)31-73-56(40-15-12-11-13-16-40,41-17-21-43(69-9)22-18-41)42-19-23-44(70-10)24-20-42)60-29-39(53(67)59-55(60)68)28-58-48(66)32-72-54-52(77-38(8)65)51(76-37(7)64)50(75-36(6)63)47(79-54)30-71-35(5)62/h11-13,15-24,29,33-34,45-47,49-52,54H,14,26-28,30-32H2,1-10H3,(H,58,66)(H,59,67,68)/t45-,46+,47+,49+,50-,51-,52+,54+,81?/m0/s1. The molecule has 4 aromatic rings. The third-order valence-corrected chi connectivity index (χ3v) is 15.0. The van der Waals surface area contributed by atoms with E-state index in [0.29, 0.717) is 11.5 Å². The van der Waals surface area contributed by atoms with Crippen molar-refractivity contribution in [2.75, 3.05) is 40.6 Å². The maximum atomic E-state index is 13.9. The maximum absolute atomic E-state index is 13.9. The van der Waals surface area contributed by atoms with Gasteiger partial charge in [-0.25, -0.2) is 9.46 Å². The van der Waals surface area contributed by atoms with E-state index in [0.717, 1.165) is 44.4 Å². The fourth-order valence-corrected chi connectivity index (χ4v) is 11.2. The van der Waals surface area contributed by atoms with Crippen molar-refractivity contribution in [1.29, 1.82) is 5.26 Å². The second-order valence-electron chi connectivity index (χ2n) is 19.3. The van der Waals surface area contributed by atoms with Crippen molar-refractivity contribution in [2.24, 2.45) is 0 Å². The molecule has 0 radical (unpaired) electrons. The molecule has 0 spiro atoms. The Balaban J connectivity index is 1.31. The minimum absolute atomic E-state index is 0.0312. The van der Waals surface area contributed by atoms with E-state index >= 15 is 0 Å². The Labute approximate surface area is 470 Å². The van der Waals surface area contributed by atoms with Crippen LogP contribution in [0.4, 0.5) is 0 Å². The molecule has 2 aliphatic heterocycles. The Hall–Kier alpha value is -7.07. The molecule has 1 aromatic heterocycles. The zero-order valence-corrected chi connectivity index (χ0v) is 47.7. The number of aromatic nitrogens is 2. The number of nitrogens with zero attached hydrogens (tertiary/aromatic N) is 3. The van der Waals surface area contributed by atoms with Crippen LogP contribution in [0.3, 0.4) is 0 Å². The largest absolute Gasteiger partial charge is 0.497 e. The average Bonchev–Trinajstić information content (AvgIpc) is 3.75. The third-order valence-electron chi connectivity index (χ3n) is 12.9. The fourth-order valence-electron chi connectivity index (χ4n) is 9.42. The minimum Gasteiger partial charge on any atom is -0.497 e. The van der Waals surface area contributed by atoms with Crippen LogP contribution in [0.25, 0.3) is 0 Å². The first-order chi connectivity index (χ1) is 38.7. The van der Waals surface area contributed by atoms with Crippen LogP contribution in [-0.2, 0) is 83.1 Å². The predicted molar refractivity (Wildman–Crippen MR) is 288 cm³/mol. The highest BCUT2D eigenvalue weighted by atomic mass is 31.2. The van der Waals surface area contributed by atoms with E-state index in [4.69, 9.17) is 56.4 Å². The second-order valence-corrected chi connectivity index (χ2v) is 20.8. The minimum atomic E-state index is -1.87. The maximum Gasteiger partial charge on any atom is 0.330 e. The number of rotatable bonds is 27. The molecule has 0 bridgehead atoms. The lowest BCUT2D eigenvalue weighted by Crippen LogP contribution is -2.63. The number of benzene rings is 3. The summed E-state index contributed by atoms with van der Waals surface area (Å²) < 4.78 is 74.8. The Bertz CT molecular complexity index is 2860. The topological polar surface area (TPSA) is 290 Å². The molecule has 25 heteroatoms. The number of H-pyrrole nitrogens is 1. The van der Waals surface area contributed by atoms with Gasteiger partial charge in [-0.05, 0) is 68.7 Å². The van der Waals surface area contributed by atoms with Gasteiger partial charge >= 0.3 is 29.6 Å². The summed E-state index contributed by atoms with van der Waals surface area (Å²) in [6.45, 7) is 10.5. The Morgan fingerprint density at radius 1 is 0.765 bits per heavy atom. The van der Waals surface area contributed by atoms with Gasteiger partial charge in [-0.3, -0.25) is 38.3 Å². The van der Waals surface area contributed by atoms with Crippen molar-refractivity contribution in [3.8, 4) is 17.6 Å². The highest BCUT2D eigenvalue weighted by Crippen LogP contribution is 2.51. The average molecular weight is 1150 g/mol. The van der Waals surface area contributed by atoms with Crippen molar-refractivity contribution < 1.29 is 80.4 Å². The molecule has 3 aromatic carbocycles. The van der Waals surface area contributed by atoms with Gasteiger partial charge in [0.15, 0.2) is 24.6 Å². The van der Waals surface area contributed by atoms with Crippen molar-refractivity contribution in [1.82, 2.24) is 19.5 Å². The van der Waals surface area contributed by atoms with Crippen LogP contribution in [0.5, 0.6) is 11.5 Å². The first kappa shape index (κ1) is 63.1. The normalized spacial score (nSPS) is 21.2. The number of methoxy groups -OCH3 is 2. The molecule has 0 aliphatic carbocycles. The molecule has 81 heavy (non-hydrogen) atoms. The molecule has 2 saturated heterocycles. The van der Waals surface area contributed by atoms with E-state index in [1.807, 2.05) is 107 Å². The summed E-state index contributed by atoms with van der Waals surface area (Å²) in [5, 5.41) is 12.1. The predicted octanol–water partition coefficient (Wildman–Crippen LogP) is 5.23. The fraction of sp³-hybridized carbons (Fsp3) is 0.500. The molecule has 1 amide bonds. The summed E-state index contributed by atoms with van der Waals surface area (Å²) in [5.74, 6) is -2.89. The van der Waals surface area contributed by atoms with Crippen LogP contribution in [0, 0.1) is 11.3 Å². The number of esters is 4. The Kier molecular flexibility index (Phi) is 23.1. The highest BCUT2D eigenvalue weighted by Gasteiger charge is 2.53. The smallest absolute Gasteiger partial charge is 0.330 e. The Morgan fingerprint density at radius 2 is 1.33 bits per heavy atom. The van der Waals surface area contributed by atoms with Crippen LogP contribution in [0.15, 0.2) is 94.6 Å². The lowest BCUT2D eigenvalue weighted by atomic mass is 9.80. The zero-order valence-electron chi connectivity index (χ0n) is 46.9. The van der Waals surface area contributed by atoms with Gasteiger partial charge in [-0.1, -0.05) is 54.6 Å². The number of amides is 1. The van der Waals surface area contributed by atoms with Crippen LogP contribution in [0.2, 0.25) is 0 Å². The van der Waals surface area contributed by atoms with Gasteiger partial charge in [-0.15, -0.1) is 0 Å². The number of nitriles is 1. The van der Waals surface area contributed by atoms with Gasteiger partial charge in [0.2, 0.25) is 5.91 Å². The van der Waals surface area contributed by atoms with Gasteiger partial charge in [-0.2, -0.15) is 5.26 Å². The Morgan fingerprint density at radius 3 is 1.88 bits per heavy atom. The lowest BCUT2D eigenvalue weighted by Gasteiger charge is -2.43. The van der Waals surface area contributed by atoms with E-state index < -0.39 is 124 Å². The molecule has 24 nitrogen and oxygen atoms in total. The van der Waals surface area contributed by atoms with Crippen molar-refractivity contribution in [3.05, 3.63) is 128 Å². The van der Waals surface area contributed by atoms with Crippen LogP contribution in [-0.4, -0.2) is 140 Å². The van der Waals surface area contributed by atoms with E-state index in [-0.39, 0.29) is 43.7 Å². The van der Waals surface area contributed by atoms with Gasteiger partial charge in [0.1, 0.15) is 48.7 Å². The third kappa shape index (κ3) is 16.5. The molecule has 3 heterocycles. The molecule has 0 saturated carbocycles. The van der Waals surface area contributed by atoms with Gasteiger partial charge in [0.25, 0.3) is 14.1 Å². The summed E-state index contributed by atoms with van der Waals surface area (Å²) in [7, 11) is 1.29. The van der Waals surface area contributed by atoms with E-state index in [1.165, 1.54) is 10.8 Å². The van der Waals surface area contributed by atoms with Crippen LogP contribution >= 0.6 is 8.53 Å². The number of aromatic amines is 1. The molecule has 2 fully saturated rings. The highest BCUT2D eigenvalue weighted by molar-refractivity contribution is 7.44. The lowest BCUT2D eigenvalue weighted by molar-refractivity contribution is -0.306. The SMILES string of the molecule is COc1ccc(C(OC[C@H]2O[C@@H](n3cc(CNC(=O)CO[C@@H]4O[C@H](COC(C)=O)[C@H](OC(C)=O)[C@H](OC(C)=O)[C@H]4OC(C)=O)c(=O)[nH]c3=O)C[C@@H]2OP(OCCC#N)N(C(C)C)C(C)C)(c2ccccc2)c2ccc(OC)cc2)cc1. The summed E-state index contributed by atoms with van der Waals surface area (Å²) in [5.41, 5.74) is -0.775. The number of ether oxygens (including phenoxy) is 10. The van der Waals surface area contributed by atoms with E-state index in [1.54, 1.807) is 14.2 Å². The number of hydrogen-bond donors (Lipinski definition) is 2. The monoisotopic (exact) mass is 1150 g/mol. The summed E-state index contributed by atoms with van der Waals surface area (Å²) >= 11 is 0. The molecular formula is C56H70N5O19P. The van der Waals surface area contributed by atoms with Crippen molar-refractivity contribution in [3.63, 3.8) is 0 Å². The number of carbonyl (C=O) groups excluding carboxylic acids is 5. The first-order valence-corrected chi connectivity index (χ1v) is 27.2. The number of carbonyl (C=O) groups is 5. The van der Waals surface area contributed by atoms with Crippen molar-refractivity contribution >= 4 is 38.3 Å². The van der Waals surface area contributed by atoms with Crippen molar-refractivity contribution in [2.45, 2.75) is 142 Å². The zero-order chi connectivity index (χ0) is 59.0.